The molecule has 0 atom stereocenters. The molecule has 142 valence electrons. The summed E-state index contributed by atoms with van der Waals surface area (Å²) in [7, 11) is 0. The number of nitrogens with zero attached hydrogens (tertiary/aromatic N) is 1. The van der Waals surface area contributed by atoms with Crippen molar-refractivity contribution in [2.45, 2.75) is 46.7 Å². The Kier molecular flexibility index (Phi) is 6.49. The van der Waals surface area contributed by atoms with Crippen LogP contribution < -0.4 is 21.3 Å². The predicted molar refractivity (Wildman–Crippen MR) is 103 cm³/mol. The van der Waals surface area contributed by atoms with E-state index in [0.29, 0.717) is 41.1 Å². The van der Waals surface area contributed by atoms with Gasteiger partial charge in [-0.1, -0.05) is 27.2 Å². The molecule has 2 rings (SSSR count). The van der Waals surface area contributed by atoms with Gasteiger partial charge in [-0.15, -0.1) is 0 Å². The SMILES string of the molecule is CCCCOc1c(CNC(=O)O)n(CC(C)C)c(=O)c2ccc(N)cc12. The number of benzene rings is 1. The second kappa shape index (κ2) is 8.60. The molecule has 1 aromatic heterocycles. The smallest absolute Gasteiger partial charge is 0.404 e. The minimum Gasteiger partial charge on any atom is -0.491 e. The molecule has 0 bridgehead atoms. The van der Waals surface area contributed by atoms with Gasteiger partial charge in [0.2, 0.25) is 0 Å². The van der Waals surface area contributed by atoms with Gasteiger partial charge in [-0.05, 0) is 30.5 Å². The average Bonchev–Trinajstić information content (AvgIpc) is 2.57. The first-order valence-corrected chi connectivity index (χ1v) is 8.89. The number of hydrogen-bond acceptors (Lipinski definition) is 4. The molecule has 2 aromatic rings. The Balaban J connectivity index is 2.72. The molecule has 7 nitrogen and oxygen atoms in total. The Morgan fingerprint density at radius 1 is 1.35 bits per heavy atom. The van der Waals surface area contributed by atoms with Gasteiger partial charge in [0.15, 0.2) is 0 Å². The van der Waals surface area contributed by atoms with Crippen LogP contribution in [0, 0.1) is 5.92 Å². The fourth-order valence-corrected chi connectivity index (χ4v) is 2.86. The summed E-state index contributed by atoms with van der Waals surface area (Å²) in [6.45, 7) is 7.02. The van der Waals surface area contributed by atoms with Gasteiger partial charge < -0.3 is 25.5 Å². The van der Waals surface area contributed by atoms with Crippen molar-refractivity contribution in [1.29, 1.82) is 0 Å². The average molecular weight is 361 g/mol. The summed E-state index contributed by atoms with van der Waals surface area (Å²) in [5, 5.41) is 12.5. The monoisotopic (exact) mass is 361 g/mol. The Bertz CT molecular complexity index is 843. The van der Waals surface area contributed by atoms with Crippen molar-refractivity contribution < 1.29 is 14.6 Å². The number of nitrogens with one attached hydrogen (secondary N) is 1. The van der Waals surface area contributed by atoms with Crippen molar-refractivity contribution in [3.63, 3.8) is 0 Å². The third kappa shape index (κ3) is 4.47. The van der Waals surface area contributed by atoms with E-state index < -0.39 is 6.09 Å². The van der Waals surface area contributed by atoms with Gasteiger partial charge in [-0.2, -0.15) is 0 Å². The number of pyridine rings is 1. The van der Waals surface area contributed by atoms with Crippen LogP contribution in [-0.2, 0) is 13.1 Å². The van der Waals surface area contributed by atoms with Crippen LogP contribution in [-0.4, -0.2) is 22.4 Å². The molecule has 0 aliphatic heterocycles. The number of fused-ring (bicyclic) bond motifs is 1. The molecular formula is C19H27N3O4. The molecular weight excluding hydrogens is 334 g/mol. The number of carboxylic acid groups (broad SMARTS) is 1. The fraction of sp³-hybridized carbons (Fsp3) is 0.474. The van der Waals surface area contributed by atoms with Gasteiger partial charge in [0.1, 0.15) is 5.75 Å². The van der Waals surface area contributed by atoms with Gasteiger partial charge in [0, 0.05) is 17.6 Å². The van der Waals surface area contributed by atoms with E-state index in [1.807, 2.05) is 13.8 Å². The van der Waals surface area contributed by atoms with Crippen LogP contribution in [0.25, 0.3) is 10.8 Å². The molecule has 0 saturated carbocycles. The second-order valence-corrected chi connectivity index (χ2v) is 6.75. The summed E-state index contributed by atoms with van der Waals surface area (Å²) in [6.07, 6.45) is 0.675. The van der Waals surface area contributed by atoms with Crippen LogP contribution in [0.15, 0.2) is 23.0 Å². The molecule has 26 heavy (non-hydrogen) atoms. The third-order valence-corrected chi connectivity index (χ3v) is 4.05. The molecule has 0 saturated heterocycles. The molecule has 0 unspecified atom stereocenters. The predicted octanol–water partition coefficient (Wildman–Crippen LogP) is 3.19. The molecule has 0 spiro atoms. The Morgan fingerprint density at radius 2 is 2.08 bits per heavy atom. The Labute approximate surface area is 152 Å². The van der Waals surface area contributed by atoms with E-state index in [1.165, 1.54) is 0 Å². The maximum Gasteiger partial charge on any atom is 0.404 e. The fourth-order valence-electron chi connectivity index (χ4n) is 2.86. The van der Waals surface area contributed by atoms with Crippen LogP contribution in [0.5, 0.6) is 5.75 Å². The van der Waals surface area contributed by atoms with Crippen LogP contribution >= 0.6 is 0 Å². The summed E-state index contributed by atoms with van der Waals surface area (Å²) < 4.78 is 7.62. The molecule has 0 aliphatic rings. The highest BCUT2D eigenvalue weighted by Gasteiger charge is 2.19. The molecule has 1 aromatic carbocycles. The molecule has 0 aliphatic carbocycles. The quantitative estimate of drug-likeness (QED) is 0.494. The molecule has 1 heterocycles. The summed E-state index contributed by atoms with van der Waals surface area (Å²) in [6, 6.07) is 5.10. The van der Waals surface area contributed by atoms with E-state index in [1.54, 1.807) is 22.8 Å². The van der Waals surface area contributed by atoms with Crippen LogP contribution in [0.4, 0.5) is 10.5 Å². The minimum absolute atomic E-state index is 0.0104. The Morgan fingerprint density at radius 3 is 2.69 bits per heavy atom. The summed E-state index contributed by atoms with van der Waals surface area (Å²) in [4.78, 5) is 24.0. The number of unbranched alkanes of at least 4 members (excludes halogenated alkanes) is 1. The summed E-state index contributed by atoms with van der Waals surface area (Å²) in [5.74, 6) is 0.737. The lowest BCUT2D eigenvalue weighted by molar-refractivity contribution is 0.193. The second-order valence-electron chi connectivity index (χ2n) is 6.75. The summed E-state index contributed by atoms with van der Waals surface area (Å²) in [5.41, 5.74) is 6.80. The molecule has 4 N–H and O–H groups in total. The topological polar surface area (TPSA) is 107 Å². The van der Waals surface area contributed by atoms with Crippen molar-refractivity contribution in [2.75, 3.05) is 12.3 Å². The van der Waals surface area contributed by atoms with Crippen molar-refractivity contribution in [3.05, 3.63) is 34.2 Å². The van der Waals surface area contributed by atoms with Crippen LogP contribution in [0.3, 0.4) is 0 Å². The van der Waals surface area contributed by atoms with E-state index in [0.717, 1.165) is 12.8 Å². The lowest BCUT2D eigenvalue weighted by Crippen LogP contribution is -2.31. The van der Waals surface area contributed by atoms with Gasteiger partial charge in [0.25, 0.3) is 5.56 Å². The number of rotatable bonds is 8. The van der Waals surface area contributed by atoms with Crippen molar-refractivity contribution >= 4 is 22.6 Å². The van der Waals surface area contributed by atoms with E-state index >= 15 is 0 Å². The van der Waals surface area contributed by atoms with Crippen molar-refractivity contribution in [2.24, 2.45) is 5.92 Å². The first-order chi connectivity index (χ1) is 12.3. The lowest BCUT2D eigenvalue weighted by atomic mass is 10.1. The number of hydrogen-bond donors (Lipinski definition) is 3. The molecule has 1 amide bonds. The van der Waals surface area contributed by atoms with Gasteiger partial charge in [-0.3, -0.25) is 4.79 Å². The van der Waals surface area contributed by atoms with Crippen LogP contribution in [0.2, 0.25) is 0 Å². The number of anilines is 1. The van der Waals surface area contributed by atoms with E-state index in [-0.39, 0.29) is 18.0 Å². The van der Waals surface area contributed by atoms with Crippen LogP contribution in [0.1, 0.15) is 39.3 Å². The maximum absolute atomic E-state index is 13.0. The number of amides is 1. The maximum atomic E-state index is 13.0. The zero-order valence-electron chi connectivity index (χ0n) is 15.5. The largest absolute Gasteiger partial charge is 0.491 e. The van der Waals surface area contributed by atoms with Gasteiger partial charge in [-0.25, -0.2) is 4.79 Å². The normalized spacial score (nSPS) is 11.1. The van der Waals surface area contributed by atoms with E-state index in [4.69, 9.17) is 15.6 Å². The number of aromatic nitrogens is 1. The molecule has 0 radical (unpaired) electrons. The number of nitrogens with two attached hydrogens (primary N) is 1. The first kappa shape index (κ1) is 19.6. The third-order valence-electron chi connectivity index (χ3n) is 4.05. The standard InChI is InChI=1S/C19H27N3O4/c1-4-5-8-26-17-15-9-13(20)6-7-14(15)18(23)22(11-12(2)3)16(17)10-21-19(24)25/h6-7,9,12,21H,4-5,8,10-11,20H2,1-3H3,(H,24,25). The number of ether oxygens (including phenoxy) is 1. The number of carbonyl (C=O) groups is 1. The highest BCUT2D eigenvalue weighted by atomic mass is 16.5. The Hall–Kier alpha value is -2.70. The highest BCUT2D eigenvalue weighted by molar-refractivity contribution is 5.91. The van der Waals surface area contributed by atoms with Crippen molar-refractivity contribution in [3.8, 4) is 5.75 Å². The van der Waals surface area contributed by atoms with E-state index in [9.17, 15) is 9.59 Å². The number of nitrogen functional groups attached to an aromatic ring is 1. The lowest BCUT2D eigenvalue weighted by Gasteiger charge is -2.21. The van der Waals surface area contributed by atoms with Gasteiger partial charge in [0.05, 0.1) is 24.2 Å². The zero-order valence-corrected chi connectivity index (χ0v) is 15.5. The molecule has 7 heteroatoms. The van der Waals surface area contributed by atoms with Gasteiger partial charge >= 0.3 is 6.09 Å². The summed E-state index contributed by atoms with van der Waals surface area (Å²) >= 11 is 0. The van der Waals surface area contributed by atoms with Crippen molar-refractivity contribution in [1.82, 2.24) is 9.88 Å². The molecule has 0 fully saturated rings. The highest BCUT2D eigenvalue weighted by Crippen LogP contribution is 2.30. The zero-order chi connectivity index (χ0) is 19.3. The first-order valence-electron chi connectivity index (χ1n) is 8.89. The van der Waals surface area contributed by atoms with E-state index in [2.05, 4.69) is 12.2 Å². The minimum atomic E-state index is -1.15.